The summed E-state index contributed by atoms with van der Waals surface area (Å²) in [7, 11) is 0. The highest BCUT2D eigenvalue weighted by molar-refractivity contribution is 6.31. The van der Waals surface area contributed by atoms with Gasteiger partial charge in [0.15, 0.2) is 6.10 Å². The maximum absolute atomic E-state index is 12.6. The number of anilines is 1. The molecule has 0 saturated heterocycles. The number of aromatic nitrogens is 1. The minimum Gasteiger partial charge on any atom is -0.449 e. The summed E-state index contributed by atoms with van der Waals surface area (Å²) in [6, 6.07) is 12.5. The highest BCUT2D eigenvalue weighted by atomic mass is 35.5. The molecule has 0 aliphatic heterocycles. The topological polar surface area (TPSA) is 97.4 Å². The molecule has 0 saturated carbocycles. The number of ether oxygens (including phenoxy) is 1. The third-order valence-corrected chi connectivity index (χ3v) is 5.24. The molecule has 3 aromatic rings. The number of rotatable bonds is 6. The number of halogens is 1. The summed E-state index contributed by atoms with van der Waals surface area (Å²) in [5, 5.41) is 6.49. The molecule has 0 radical (unpaired) electrons. The molecule has 166 valence electrons. The first-order valence-electron chi connectivity index (χ1n) is 10.1. The van der Waals surface area contributed by atoms with Crippen LogP contribution in [0.1, 0.15) is 34.1 Å². The fourth-order valence-corrected chi connectivity index (χ4v) is 3.41. The maximum Gasteiger partial charge on any atom is 0.340 e. The summed E-state index contributed by atoms with van der Waals surface area (Å²) >= 11 is 6.02. The highest BCUT2D eigenvalue weighted by Gasteiger charge is 2.21. The first-order chi connectivity index (χ1) is 15.2. The Morgan fingerprint density at radius 2 is 1.75 bits per heavy atom. The van der Waals surface area contributed by atoms with Gasteiger partial charge < -0.3 is 15.4 Å². The van der Waals surface area contributed by atoms with E-state index in [9.17, 15) is 14.4 Å². The second-order valence-electron chi connectivity index (χ2n) is 7.54. The third-order valence-electron chi connectivity index (χ3n) is 5.01. The molecule has 0 aliphatic carbocycles. The monoisotopic (exact) mass is 453 g/mol. The molecule has 32 heavy (non-hydrogen) atoms. The van der Waals surface area contributed by atoms with Crippen LogP contribution in [-0.4, -0.2) is 35.4 Å². The Morgan fingerprint density at radius 1 is 1.06 bits per heavy atom. The van der Waals surface area contributed by atoms with Gasteiger partial charge in [-0.15, -0.1) is 0 Å². The lowest BCUT2D eigenvalue weighted by Crippen LogP contribution is -2.40. The van der Waals surface area contributed by atoms with Gasteiger partial charge in [-0.3, -0.25) is 14.6 Å². The van der Waals surface area contributed by atoms with Crippen molar-refractivity contribution in [3.05, 3.63) is 69.9 Å². The summed E-state index contributed by atoms with van der Waals surface area (Å²) < 4.78 is 5.29. The van der Waals surface area contributed by atoms with Crippen LogP contribution in [0.25, 0.3) is 10.9 Å². The van der Waals surface area contributed by atoms with Crippen molar-refractivity contribution in [1.29, 1.82) is 0 Å². The number of hydrogen-bond donors (Lipinski definition) is 2. The Morgan fingerprint density at radius 3 is 2.44 bits per heavy atom. The van der Waals surface area contributed by atoms with Gasteiger partial charge in [-0.2, -0.15) is 0 Å². The Balaban J connectivity index is 1.59. The summed E-state index contributed by atoms with van der Waals surface area (Å²) in [5.41, 5.74) is 3.98. The van der Waals surface area contributed by atoms with Crippen molar-refractivity contribution in [3.8, 4) is 0 Å². The zero-order valence-electron chi connectivity index (χ0n) is 18.3. The van der Waals surface area contributed by atoms with Gasteiger partial charge in [0.25, 0.3) is 5.91 Å². The number of carbonyl (C=O) groups is 3. The number of amides is 2. The van der Waals surface area contributed by atoms with E-state index in [0.717, 1.165) is 11.1 Å². The first-order valence-corrected chi connectivity index (χ1v) is 10.4. The standard InChI is InChI=1S/C24H24ClN3O4/c1-13-6-5-7-14(2)22(13)28-21(29)12-26-23(30)16(4)32-24(31)19-11-17-10-18(25)8-9-20(17)27-15(19)3/h5-11,16H,12H2,1-4H3,(H,26,30)(H,28,29). The molecule has 7 nitrogen and oxygen atoms in total. The molecule has 1 aromatic heterocycles. The average Bonchev–Trinajstić information content (AvgIpc) is 2.74. The number of para-hydroxylation sites is 1. The van der Waals surface area contributed by atoms with Crippen molar-refractivity contribution in [2.75, 3.05) is 11.9 Å². The highest BCUT2D eigenvalue weighted by Crippen LogP contribution is 2.22. The molecular weight excluding hydrogens is 430 g/mol. The molecule has 0 spiro atoms. The lowest BCUT2D eigenvalue weighted by molar-refractivity contribution is -0.130. The number of pyridine rings is 1. The van der Waals surface area contributed by atoms with Crippen molar-refractivity contribution >= 4 is 46.0 Å². The van der Waals surface area contributed by atoms with Gasteiger partial charge in [-0.25, -0.2) is 4.79 Å². The fraction of sp³-hybridized carbons (Fsp3) is 0.250. The van der Waals surface area contributed by atoms with E-state index in [1.54, 1.807) is 31.2 Å². The molecule has 1 heterocycles. The van der Waals surface area contributed by atoms with Crippen LogP contribution in [0.2, 0.25) is 5.02 Å². The Labute approximate surface area is 191 Å². The number of carbonyl (C=O) groups excluding carboxylic acids is 3. The lowest BCUT2D eigenvalue weighted by Gasteiger charge is -2.15. The summed E-state index contributed by atoms with van der Waals surface area (Å²) in [4.78, 5) is 41.6. The summed E-state index contributed by atoms with van der Waals surface area (Å²) in [6.45, 7) is 6.66. The number of nitrogens with one attached hydrogen (secondary N) is 2. The molecule has 0 aliphatic rings. The SMILES string of the molecule is Cc1cccc(C)c1NC(=O)CNC(=O)C(C)OC(=O)c1cc2cc(Cl)ccc2nc1C. The van der Waals surface area contributed by atoms with E-state index >= 15 is 0 Å². The Hall–Kier alpha value is -3.45. The van der Waals surface area contributed by atoms with Crippen molar-refractivity contribution in [2.24, 2.45) is 0 Å². The Kier molecular flexibility index (Phi) is 7.10. The van der Waals surface area contributed by atoms with Crippen LogP contribution in [-0.2, 0) is 14.3 Å². The number of benzene rings is 2. The second-order valence-corrected chi connectivity index (χ2v) is 7.98. The minimum absolute atomic E-state index is 0.243. The molecular formula is C24H24ClN3O4. The lowest BCUT2D eigenvalue weighted by atomic mass is 10.1. The predicted molar refractivity (Wildman–Crippen MR) is 124 cm³/mol. The van der Waals surface area contributed by atoms with Crippen molar-refractivity contribution in [3.63, 3.8) is 0 Å². The van der Waals surface area contributed by atoms with Crippen LogP contribution in [0.4, 0.5) is 5.69 Å². The smallest absolute Gasteiger partial charge is 0.340 e. The summed E-state index contributed by atoms with van der Waals surface area (Å²) in [6.07, 6.45) is -1.09. The van der Waals surface area contributed by atoms with E-state index in [1.165, 1.54) is 6.92 Å². The van der Waals surface area contributed by atoms with Gasteiger partial charge in [0.2, 0.25) is 5.91 Å². The average molecular weight is 454 g/mol. The van der Waals surface area contributed by atoms with Crippen LogP contribution in [0, 0.1) is 20.8 Å². The quantitative estimate of drug-likeness (QED) is 0.547. The van der Waals surface area contributed by atoms with E-state index in [-0.39, 0.29) is 18.0 Å². The van der Waals surface area contributed by atoms with E-state index in [0.29, 0.717) is 27.3 Å². The number of hydrogen-bond acceptors (Lipinski definition) is 5. The first kappa shape index (κ1) is 23.2. The Bertz CT molecular complexity index is 1190. The van der Waals surface area contributed by atoms with Gasteiger partial charge in [-0.1, -0.05) is 29.8 Å². The van der Waals surface area contributed by atoms with Crippen LogP contribution in [0.5, 0.6) is 0 Å². The molecule has 0 fully saturated rings. The molecule has 2 aromatic carbocycles. The van der Waals surface area contributed by atoms with E-state index in [2.05, 4.69) is 15.6 Å². The van der Waals surface area contributed by atoms with Gasteiger partial charge in [0.05, 0.1) is 23.3 Å². The zero-order valence-corrected chi connectivity index (χ0v) is 19.0. The molecule has 1 unspecified atom stereocenters. The van der Waals surface area contributed by atoms with E-state index < -0.39 is 18.0 Å². The normalized spacial score (nSPS) is 11.7. The summed E-state index contributed by atoms with van der Waals surface area (Å²) in [5.74, 6) is -1.63. The predicted octanol–water partition coefficient (Wildman–Crippen LogP) is 4.11. The van der Waals surface area contributed by atoms with Gasteiger partial charge in [0.1, 0.15) is 0 Å². The van der Waals surface area contributed by atoms with Crippen LogP contribution in [0.3, 0.4) is 0 Å². The van der Waals surface area contributed by atoms with E-state index in [1.807, 2.05) is 32.0 Å². The largest absolute Gasteiger partial charge is 0.449 e. The van der Waals surface area contributed by atoms with Crippen LogP contribution < -0.4 is 10.6 Å². The maximum atomic E-state index is 12.6. The second kappa shape index (κ2) is 9.78. The van der Waals surface area contributed by atoms with Crippen molar-refractivity contribution in [1.82, 2.24) is 10.3 Å². The van der Waals surface area contributed by atoms with Gasteiger partial charge in [0, 0.05) is 16.1 Å². The third kappa shape index (κ3) is 5.42. The molecule has 1 atom stereocenters. The van der Waals surface area contributed by atoms with Gasteiger partial charge in [-0.05, 0) is 63.1 Å². The van der Waals surface area contributed by atoms with Crippen molar-refractivity contribution in [2.45, 2.75) is 33.8 Å². The number of fused-ring (bicyclic) bond motifs is 1. The van der Waals surface area contributed by atoms with Crippen LogP contribution in [0.15, 0.2) is 42.5 Å². The zero-order chi connectivity index (χ0) is 23.4. The van der Waals surface area contributed by atoms with E-state index in [4.69, 9.17) is 16.3 Å². The number of aryl methyl sites for hydroxylation is 3. The number of nitrogens with zero attached hydrogens (tertiary/aromatic N) is 1. The van der Waals surface area contributed by atoms with Crippen LogP contribution >= 0.6 is 11.6 Å². The van der Waals surface area contributed by atoms with Crippen molar-refractivity contribution < 1.29 is 19.1 Å². The fourth-order valence-electron chi connectivity index (χ4n) is 3.23. The molecule has 8 heteroatoms. The molecule has 2 N–H and O–H groups in total. The molecule has 0 bridgehead atoms. The van der Waals surface area contributed by atoms with Gasteiger partial charge >= 0.3 is 5.97 Å². The number of esters is 1. The minimum atomic E-state index is -1.09. The molecule has 2 amide bonds. The molecule has 3 rings (SSSR count).